The molecule has 1 aliphatic heterocycles. The molecular weight excluding hydrogens is 386 g/mol. The number of hydrogen-bond acceptors (Lipinski definition) is 4. The van der Waals surface area contributed by atoms with E-state index in [1.807, 2.05) is 18.8 Å². The highest BCUT2D eigenvalue weighted by molar-refractivity contribution is 5.79. The Morgan fingerprint density at radius 2 is 1.71 bits per heavy atom. The minimum atomic E-state index is 0.263. The van der Waals surface area contributed by atoms with Gasteiger partial charge in [0, 0.05) is 65.1 Å². The summed E-state index contributed by atoms with van der Waals surface area (Å²) in [4.78, 5) is 9.33. The van der Waals surface area contributed by atoms with Crippen LogP contribution in [-0.2, 0) is 26.6 Å². The minimum absolute atomic E-state index is 0.263. The molecule has 0 spiro atoms. The Kier molecular flexibility index (Phi) is 8.09. The second-order valence-corrected chi connectivity index (χ2v) is 8.84. The summed E-state index contributed by atoms with van der Waals surface area (Å²) in [5.74, 6) is 0.827. The smallest absolute Gasteiger partial charge is 0.191 e. The Hall–Kier alpha value is -2.38. The van der Waals surface area contributed by atoms with Crippen LogP contribution >= 0.6 is 0 Å². The number of likely N-dealkylation sites (N-methyl/N-ethyl adjacent to an activating group) is 1. The highest BCUT2D eigenvalue weighted by atomic mass is 15.3. The zero-order chi connectivity index (χ0) is 22.4. The van der Waals surface area contributed by atoms with Crippen LogP contribution in [0.1, 0.15) is 35.0 Å². The van der Waals surface area contributed by atoms with E-state index in [1.54, 1.807) is 0 Å². The predicted octanol–water partition coefficient (Wildman–Crippen LogP) is 2.08. The van der Waals surface area contributed by atoms with Gasteiger partial charge in [0.05, 0.1) is 5.69 Å². The molecule has 1 saturated heterocycles. The number of nitrogens with one attached hydrogen (secondary N) is 2. The molecule has 0 amide bonds. The lowest BCUT2D eigenvalue weighted by atomic mass is 10.1. The fraction of sp³-hybridized carbons (Fsp3) is 0.583. The summed E-state index contributed by atoms with van der Waals surface area (Å²) < 4.78 is 1.96. The number of nitrogens with zero attached hydrogens (tertiary/aromatic N) is 5. The van der Waals surface area contributed by atoms with Crippen LogP contribution < -0.4 is 10.6 Å². The van der Waals surface area contributed by atoms with Crippen molar-refractivity contribution in [2.24, 2.45) is 12.0 Å². The van der Waals surface area contributed by atoms with Crippen LogP contribution in [0.15, 0.2) is 29.3 Å². The summed E-state index contributed by atoms with van der Waals surface area (Å²) in [6.07, 6.45) is 0.924. The first-order valence-corrected chi connectivity index (χ1v) is 11.3. The van der Waals surface area contributed by atoms with Crippen LogP contribution in [0.2, 0.25) is 0 Å². The molecule has 7 heteroatoms. The molecular formula is C24H39N7. The predicted molar refractivity (Wildman–Crippen MR) is 128 cm³/mol. The summed E-state index contributed by atoms with van der Waals surface area (Å²) in [7, 11) is 6.02. The zero-order valence-electron chi connectivity index (χ0n) is 20.1. The summed E-state index contributed by atoms with van der Waals surface area (Å²) >= 11 is 0. The van der Waals surface area contributed by atoms with Gasteiger partial charge in [0.1, 0.15) is 0 Å². The molecule has 1 aliphatic rings. The zero-order valence-corrected chi connectivity index (χ0v) is 20.1. The van der Waals surface area contributed by atoms with Gasteiger partial charge in [-0.15, -0.1) is 0 Å². The van der Waals surface area contributed by atoms with Crippen molar-refractivity contribution in [1.82, 2.24) is 30.2 Å². The van der Waals surface area contributed by atoms with Gasteiger partial charge >= 0.3 is 0 Å². The largest absolute Gasteiger partial charge is 0.354 e. The first-order chi connectivity index (χ1) is 14.9. The lowest BCUT2D eigenvalue weighted by molar-refractivity contribution is 0.148. The fourth-order valence-corrected chi connectivity index (χ4v) is 4.11. The molecule has 31 heavy (non-hydrogen) atoms. The standard InChI is InChI=1S/C24H39N7/c1-18(15-23-19(2)28-30(6)20(23)3)27-24(25-4)26-16-21-7-9-22(10-8-21)17-31-13-11-29(5)12-14-31/h7-10,18H,11-17H2,1-6H3,(H2,25,26,27). The van der Waals surface area contributed by atoms with Crippen molar-refractivity contribution in [3.63, 3.8) is 0 Å². The molecule has 3 rings (SSSR count). The quantitative estimate of drug-likeness (QED) is 0.525. The van der Waals surface area contributed by atoms with Crippen molar-refractivity contribution in [2.45, 2.75) is 46.3 Å². The van der Waals surface area contributed by atoms with Crippen molar-refractivity contribution in [2.75, 3.05) is 40.3 Å². The van der Waals surface area contributed by atoms with Crippen LogP contribution in [-0.4, -0.2) is 71.9 Å². The van der Waals surface area contributed by atoms with E-state index >= 15 is 0 Å². The molecule has 0 radical (unpaired) electrons. The van der Waals surface area contributed by atoms with E-state index < -0.39 is 0 Å². The molecule has 1 aromatic heterocycles. The van der Waals surface area contributed by atoms with Gasteiger partial charge in [0.2, 0.25) is 0 Å². The number of aromatic nitrogens is 2. The van der Waals surface area contributed by atoms with Gasteiger partial charge in [-0.3, -0.25) is 14.6 Å². The third kappa shape index (κ3) is 6.55. The number of aryl methyl sites for hydroxylation is 2. The maximum atomic E-state index is 4.52. The van der Waals surface area contributed by atoms with Gasteiger partial charge in [-0.2, -0.15) is 5.10 Å². The number of aliphatic imine (C=N–C) groups is 1. The van der Waals surface area contributed by atoms with Crippen molar-refractivity contribution in [1.29, 1.82) is 0 Å². The molecule has 1 fully saturated rings. The summed E-state index contributed by atoms with van der Waals surface area (Å²) in [6.45, 7) is 12.8. The molecule has 0 bridgehead atoms. The number of hydrogen-bond donors (Lipinski definition) is 2. The number of piperazine rings is 1. The van der Waals surface area contributed by atoms with Crippen LogP contribution in [0, 0.1) is 13.8 Å². The van der Waals surface area contributed by atoms with Crippen molar-refractivity contribution >= 4 is 5.96 Å². The van der Waals surface area contributed by atoms with Crippen molar-refractivity contribution < 1.29 is 0 Å². The van der Waals surface area contributed by atoms with E-state index in [2.05, 4.69) is 82.6 Å². The van der Waals surface area contributed by atoms with Crippen LogP contribution in [0.4, 0.5) is 0 Å². The monoisotopic (exact) mass is 425 g/mol. The Balaban J connectivity index is 1.46. The van der Waals surface area contributed by atoms with E-state index in [4.69, 9.17) is 0 Å². The molecule has 1 aromatic carbocycles. The second-order valence-electron chi connectivity index (χ2n) is 8.84. The molecule has 7 nitrogen and oxygen atoms in total. The van der Waals surface area contributed by atoms with Crippen molar-refractivity contribution in [3.8, 4) is 0 Å². The molecule has 0 saturated carbocycles. The molecule has 1 unspecified atom stereocenters. The Labute approximate surface area is 187 Å². The normalized spacial score (nSPS) is 17.0. The minimum Gasteiger partial charge on any atom is -0.354 e. The first-order valence-electron chi connectivity index (χ1n) is 11.3. The Bertz CT molecular complexity index is 861. The van der Waals surface area contributed by atoms with Crippen molar-refractivity contribution in [3.05, 3.63) is 52.3 Å². The van der Waals surface area contributed by atoms with E-state index in [0.29, 0.717) is 0 Å². The maximum Gasteiger partial charge on any atom is 0.191 e. The number of rotatable bonds is 7. The first kappa shape index (κ1) is 23.3. The van der Waals surface area contributed by atoms with Gasteiger partial charge in [0.15, 0.2) is 5.96 Å². The van der Waals surface area contributed by atoms with Gasteiger partial charge < -0.3 is 15.5 Å². The van der Waals surface area contributed by atoms with E-state index in [-0.39, 0.29) is 6.04 Å². The summed E-state index contributed by atoms with van der Waals surface area (Å²) in [5, 5.41) is 11.5. The fourth-order valence-electron chi connectivity index (χ4n) is 4.11. The van der Waals surface area contributed by atoms with E-state index in [0.717, 1.165) is 57.3 Å². The van der Waals surface area contributed by atoms with Gasteiger partial charge in [-0.25, -0.2) is 0 Å². The van der Waals surface area contributed by atoms with Crippen LogP contribution in [0.3, 0.4) is 0 Å². The third-order valence-corrected chi connectivity index (χ3v) is 6.26. The Morgan fingerprint density at radius 3 is 2.29 bits per heavy atom. The van der Waals surface area contributed by atoms with Gasteiger partial charge in [-0.05, 0) is 50.9 Å². The average Bonchev–Trinajstić information content (AvgIpc) is 2.99. The average molecular weight is 426 g/mol. The summed E-state index contributed by atoms with van der Waals surface area (Å²) in [6, 6.07) is 9.21. The highest BCUT2D eigenvalue weighted by Crippen LogP contribution is 2.14. The SMILES string of the molecule is CN=C(NCc1ccc(CN2CCN(C)CC2)cc1)NC(C)Cc1c(C)nn(C)c1C. The molecule has 170 valence electrons. The lowest BCUT2D eigenvalue weighted by Crippen LogP contribution is -2.43. The number of benzene rings is 1. The lowest BCUT2D eigenvalue weighted by Gasteiger charge is -2.32. The molecule has 2 N–H and O–H groups in total. The van der Waals surface area contributed by atoms with Gasteiger partial charge in [-0.1, -0.05) is 24.3 Å². The number of guanidine groups is 1. The van der Waals surface area contributed by atoms with E-state index in [1.165, 1.54) is 22.4 Å². The molecule has 0 aliphatic carbocycles. The topological polar surface area (TPSA) is 60.7 Å². The second kappa shape index (κ2) is 10.8. The molecule has 1 atom stereocenters. The van der Waals surface area contributed by atoms with Crippen LogP contribution in [0.25, 0.3) is 0 Å². The van der Waals surface area contributed by atoms with Gasteiger partial charge in [0.25, 0.3) is 0 Å². The maximum absolute atomic E-state index is 4.52. The van der Waals surface area contributed by atoms with E-state index in [9.17, 15) is 0 Å². The molecule has 2 heterocycles. The van der Waals surface area contributed by atoms with Crippen LogP contribution in [0.5, 0.6) is 0 Å². The third-order valence-electron chi connectivity index (χ3n) is 6.26. The summed E-state index contributed by atoms with van der Waals surface area (Å²) in [5.41, 5.74) is 6.29. The highest BCUT2D eigenvalue weighted by Gasteiger charge is 2.15. The Morgan fingerprint density at radius 1 is 1.06 bits per heavy atom. The molecule has 2 aromatic rings.